The highest BCUT2D eigenvalue weighted by atomic mass is 35.5. The fourth-order valence-corrected chi connectivity index (χ4v) is 1.83. The largest absolute Gasteiger partial charge is 0.375 e. The average molecular weight is 241 g/mol. The van der Waals surface area contributed by atoms with Gasteiger partial charge >= 0.3 is 0 Å². The van der Waals surface area contributed by atoms with E-state index < -0.39 is 0 Å². The topological polar surface area (TPSA) is 15.3 Å². The minimum absolute atomic E-state index is 0.807. The first-order valence-corrected chi connectivity index (χ1v) is 6.27. The van der Waals surface area contributed by atoms with Crippen LogP contribution in [0.5, 0.6) is 0 Å². The Morgan fingerprint density at radius 3 is 2.69 bits per heavy atom. The standard InChI is InChI=1S/C13H21ClN2/c1-4-8-15-10-11-9-12(14)6-7-13(11)16(3)5-2/h6-7,9,15H,4-5,8,10H2,1-3H3. The van der Waals surface area contributed by atoms with Crippen LogP contribution in [0, 0.1) is 0 Å². The Bertz CT molecular complexity index is 326. The van der Waals surface area contributed by atoms with Gasteiger partial charge in [0.05, 0.1) is 0 Å². The molecule has 90 valence electrons. The molecule has 0 saturated heterocycles. The molecule has 2 nitrogen and oxygen atoms in total. The van der Waals surface area contributed by atoms with Crippen LogP contribution in [0.3, 0.4) is 0 Å². The molecular weight excluding hydrogens is 220 g/mol. The smallest absolute Gasteiger partial charge is 0.0410 e. The van der Waals surface area contributed by atoms with Crippen LogP contribution in [0.25, 0.3) is 0 Å². The van der Waals surface area contributed by atoms with Crippen molar-refractivity contribution in [3.8, 4) is 0 Å². The lowest BCUT2D eigenvalue weighted by Gasteiger charge is -2.21. The van der Waals surface area contributed by atoms with E-state index >= 15 is 0 Å². The number of anilines is 1. The molecule has 0 aromatic heterocycles. The molecule has 0 heterocycles. The maximum atomic E-state index is 6.03. The minimum Gasteiger partial charge on any atom is -0.375 e. The summed E-state index contributed by atoms with van der Waals surface area (Å²) in [6, 6.07) is 6.09. The second-order valence-corrected chi connectivity index (χ2v) is 4.40. The second kappa shape index (κ2) is 6.77. The molecule has 0 spiro atoms. The number of hydrogen-bond donors (Lipinski definition) is 1. The molecule has 1 aromatic carbocycles. The first-order chi connectivity index (χ1) is 7.69. The van der Waals surface area contributed by atoms with E-state index in [4.69, 9.17) is 11.6 Å². The molecule has 1 rings (SSSR count). The summed E-state index contributed by atoms with van der Waals surface area (Å²) >= 11 is 6.03. The highest BCUT2D eigenvalue weighted by molar-refractivity contribution is 6.30. The summed E-state index contributed by atoms with van der Waals surface area (Å²) in [6.07, 6.45) is 1.15. The van der Waals surface area contributed by atoms with Crippen LogP contribution >= 0.6 is 11.6 Å². The van der Waals surface area contributed by atoms with Crippen molar-refractivity contribution in [3.05, 3.63) is 28.8 Å². The average Bonchev–Trinajstić information content (AvgIpc) is 2.29. The van der Waals surface area contributed by atoms with Gasteiger partial charge in [-0.15, -0.1) is 0 Å². The van der Waals surface area contributed by atoms with Crippen LogP contribution in [0.15, 0.2) is 18.2 Å². The van der Waals surface area contributed by atoms with Gasteiger partial charge in [-0.3, -0.25) is 0 Å². The van der Waals surface area contributed by atoms with Crippen molar-refractivity contribution < 1.29 is 0 Å². The normalized spacial score (nSPS) is 10.5. The number of halogens is 1. The van der Waals surface area contributed by atoms with E-state index in [0.29, 0.717) is 0 Å². The van der Waals surface area contributed by atoms with Gasteiger partial charge in [0.2, 0.25) is 0 Å². The van der Waals surface area contributed by atoms with Gasteiger partial charge in [-0.05, 0) is 43.7 Å². The van der Waals surface area contributed by atoms with Crippen molar-refractivity contribution >= 4 is 17.3 Å². The van der Waals surface area contributed by atoms with E-state index in [1.165, 1.54) is 11.3 Å². The summed E-state index contributed by atoms with van der Waals surface area (Å²) in [7, 11) is 2.10. The van der Waals surface area contributed by atoms with Gasteiger partial charge < -0.3 is 10.2 Å². The van der Waals surface area contributed by atoms with Gasteiger partial charge in [0.1, 0.15) is 0 Å². The summed E-state index contributed by atoms with van der Waals surface area (Å²) < 4.78 is 0. The molecule has 0 fully saturated rings. The molecule has 3 heteroatoms. The summed E-state index contributed by atoms with van der Waals surface area (Å²) in [4.78, 5) is 2.24. The van der Waals surface area contributed by atoms with Crippen LogP contribution in [0.4, 0.5) is 5.69 Å². The predicted molar refractivity (Wildman–Crippen MR) is 72.4 cm³/mol. The molecule has 0 aliphatic carbocycles. The van der Waals surface area contributed by atoms with Gasteiger partial charge in [-0.25, -0.2) is 0 Å². The number of nitrogens with one attached hydrogen (secondary N) is 1. The van der Waals surface area contributed by atoms with Crippen molar-refractivity contribution in [2.24, 2.45) is 0 Å². The maximum Gasteiger partial charge on any atom is 0.0410 e. The van der Waals surface area contributed by atoms with Crippen molar-refractivity contribution in [2.75, 3.05) is 25.0 Å². The van der Waals surface area contributed by atoms with Crippen molar-refractivity contribution in [1.29, 1.82) is 0 Å². The maximum absolute atomic E-state index is 6.03. The van der Waals surface area contributed by atoms with E-state index in [1.54, 1.807) is 0 Å². The third-order valence-electron chi connectivity index (χ3n) is 2.67. The zero-order chi connectivity index (χ0) is 12.0. The molecule has 0 atom stereocenters. The van der Waals surface area contributed by atoms with Gasteiger partial charge in [-0.2, -0.15) is 0 Å². The Kier molecular flexibility index (Phi) is 5.64. The van der Waals surface area contributed by atoms with E-state index in [2.05, 4.69) is 37.2 Å². The first kappa shape index (κ1) is 13.3. The molecule has 0 aliphatic rings. The molecule has 0 aliphatic heterocycles. The lowest BCUT2D eigenvalue weighted by atomic mass is 10.1. The number of benzene rings is 1. The summed E-state index contributed by atoms with van der Waals surface area (Å²) in [5.74, 6) is 0. The fraction of sp³-hybridized carbons (Fsp3) is 0.538. The SMILES string of the molecule is CCCNCc1cc(Cl)ccc1N(C)CC. The summed E-state index contributed by atoms with van der Waals surface area (Å²) in [5, 5.41) is 4.22. The van der Waals surface area contributed by atoms with E-state index in [-0.39, 0.29) is 0 Å². The molecular formula is C13H21ClN2. The van der Waals surface area contributed by atoms with E-state index in [0.717, 1.165) is 31.1 Å². The van der Waals surface area contributed by atoms with Gasteiger partial charge in [0.15, 0.2) is 0 Å². The minimum atomic E-state index is 0.807. The highest BCUT2D eigenvalue weighted by Gasteiger charge is 2.06. The number of hydrogen-bond acceptors (Lipinski definition) is 2. The number of nitrogens with zero attached hydrogens (tertiary/aromatic N) is 1. The quantitative estimate of drug-likeness (QED) is 0.768. The highest BCUT2D eigenvalue weighted by Crippen LogP contribution is 2.23. The Labute approximate surface area is 104 Å². The lowest BCUT2D eigenvalue weighted by molar-refractivity contribution is 0.674. The summed E-state index contributed by atoms with van der Waals surface area (Å²) in [6.45, 7) is 7.25. The van der Waals surface area contributed by atoms with Gasteiger partial charge in [-0.1, -0.05) is 18.5 Å². The van der Waals surface area contributed by atoms with Crippen LogP contribution in [-0.4, -0.2) is 20.1 Å². The lowest BCUT2D eigenvalue weighted by Crippen LogP contribution is -2.21. The molecule has 0 bridgehead atoms. The Hall–Kier alpha value is -0.730. The third-order valence-corrected chi connectivity index (χ3v) is 2.90. The van der Waals surface area contributed by atoms with Crippen LogP contribution in [-0.2, 0) is 6.54 Å². The monoisotopic (exact) mass is 240 g/mol. The molecule has 0 radical (unpaired) electrons. The van der Waals surface area contributed by atoms with E-state index in [1.807, 2.05) is 12.1 Å². The zero-order valence-electron chi connectivity index (χ0n) is 10.4. The van der Waals surface area contributed by atoms with Gasteiger partial charge in [0, 0.05) is 30.8 Å². The molecule has 0 unspecified atom stereocenters. The van der Waals surface area contributed by atoms with Crippen molar-refractivity contribution in [1.82, 2.24) is 5.32 Å². The Morgan fingerprint density at radius 1 is 1.31 bits per heavy atom. The third kappa shape index (κ3) is 3.69. The zero-order valence-corrected chi connectivity index (χ0v) is 11.1. The number of rotatable bonds is 6. The van der Waals surface area contributed by atoms with Crippen LogP contribution in [0.2, 0.25) is 5.02 Å². The molecule has 1 aromatic rings. The van der Waals surface area contributed by atoms with Crippen molar-refractivity contribution in [3.63, 3.8) is 0 Å². The molecule has 16 heavy (non-hydrogen) atoms. The second-order valence-electron chi connectivity index (χ2n) is 3.96. The molecule has 0 saturated carbocycles. The van der Waals surface area contributed by atoms with Crippen molar-refractivity contribution in [2.45, 2.75) is 26.8 Å². The van der Waals surface area contributed by atoms with Gasteiger partial charge in [0.25, 0.3) is 0 Å². The predicted octanol–water partition coefficient (Wildman–Crippen LogP) is 3.30. The van der Waals surface area contributed by atoms with Crippen LogP contribution < -0.4 is 10.2 Å². The molecule has 0 amide bonds. The van der Waals surface area contributed by atoms with E-state index in [9.17, 15) is 0 Å². The Balaban J connectivity index is 2.81. The molecule has 1 N–H and O–H groups in total. The van der Waals surface area contributed by atoms with Crippen LogP contribution in [0.1, 0.15) is 25.8 Å². The first-order valence-electron chi connectivity index (χ1n) is 5.89. The fourth-order valence-electron chi connectivity index (χ4n) is 1.64. The Morgan fingerprint density at radius 2 is 2.06 bits per heavy atom. The summed E-state index contributed by atoms with van der Waals surface area (Å²) in [5.41, 5.74) is 2.53.